The van der Waals surface area contributed by atoms with Crippen molar-refractivity contribution in [1.29, 1.82) is 0 Å². The zero-order valence-corrected chi connectivity index (χ0v) is 23.4. The molecule has 214 valence electrons. The maximum Gasteiger partial charge on any atom is 0.362 e. The van der Waals surface area contributed by atoms with E-state index in [4.69, 9.17) is 14.0 Å². The van der Waals surface area contributed by atoms with Gasteiger partial charge in [0.05, 0.1) is 6.61 Å². The van der Waals surface area contributed by atoms with Crippen LogP contribution < -0.4 is 11.2 Å². The molecule has 1 fully saturated rings. The summed E-state index contributed by atoms with van der Waals surface area (Å²) in [5.74, 6) is 0. The van der Waals surface area contributed by atoms with Crippen LogP contribution in [0.3, 0.4) is 0 Å². The van der Waals surface area contributed by atoms with Crippen molar-refractivity contribution < 1.29 is 28.6 Å². The number of aliphatic hydroxyl groups is 1. The van der Waals surface area contributed by atoms with Crippen LogP contribution in [-0.2, 0) is 24.2 Å². The Morgan fingerprint density at radius 2 is 1.46 bits per heavy atom. The van der Waals surface area contributed by atoms with Crippen molar-refractivity contribution >= 4 is 7.60 Å². The van der Waals surface area contributed by atoms with Crippen molar-refractivity contribution in [3.63, 3.8) is 0 Å². The third-order valence-corrected chi connectivity index (χ3v) is 9.44. The van der Waals surface area contributed by atoms with Crippen molar-refractivity contribution in [2.75, 3.05) is 13.7 Å². The molecule has 1 aliphatic heterocycles. The monoisotopic (exact) mass is 578 g/mol. The zero-order chi connectivity index (χ0) is 29.3. The third-order valence-electron chi connectivity index (χ3n) is 7.50. The van der Waals surface area contributed by atoms with Gasteiger partial charge in [-0.3, -0.25) is 18.9 Å². The van der Waals surface area contributed by atoms with Crippen molar-refractivity contribution in [3.05, 3.63) is 140 Å². The van der Waals surface area contributed by atoms with Gasteiger partial charge in [0, 0.05) is 25.3 Å². The molecule has 0 aliphatic carbocycles. The molecule has 10 nitrogen and oxygen atoms in total. The van der Waals surface area contributed by atoms with Crippen molar-refractivity contribution in [3.8, 4) is 0 Å². The van der Waals surface area contributed by atoms with E-state index in [0.29, 0.717) is 0 Å². The summed E-state index contributed by atoms with van der Waals surface area (Å²) >= 11 is 0. The molecule has 41 heavy (non-hydrogen) atoms. The topological polar surface area (TPSA) is 140 Å². The molecular weight excluding hydrogens is 547 g/mol. The van der Waals surface area contributed by atoms with E-state index in [1.165, 1.54) is 13.1 Å². The average Bonchev–Trinajstić information content (AvgIpc) is 3.34. The minimum absolute atomic E-state index is 0.228. The van der Waals surface area contributed by atoms with Crippen LogP contribution in [0.2, 0.25) is 0 Å². The summed E-state index contributed by atoms with van der Waals surface area (Å²) in [5, 5.41) is 9.26. The van der Waals surface area contributed by atoms with Crippen LogP contribution in [0, 0.1) is 6.92 Å². The fraction of sp³-hybridized carbons (Fsp3) is 0.267. The fourth-order valence-electron chi connectivity index (χ4n) is 5.30. The van der Waals surface area contributed by atoms with Crippen LogP contribution in [0.15, 0.2) is 107 Å². The van der Waals surface area contributed by atoms with Crippen molar-refractivity contribution in [1.82, 2.24) is 9.55 Å². The number of aryl methyl sites for hydroxylation is 1. The lowest BCUT2D eigenvalue weighted by Gasteiger charge is -2.38. The van der Waals surface area contributed by atoms with Crippen LogP contribution in [-0.4, -0.2) is 44.7 Å². The predicted molar refractivity (Wildman–Crippen MR) is 152 cm³/mol. The lowest BCUT2D eigenvalue weighted by Crippen LogP contribution is -2.44. The van der Waals surface area contributed by atoms with Gasteiger partial charge in [-0.1, -0.05) is 91.0 Å². The van der Waals surface area contributed by atoms with Crippen molar-refractivity contribution in [2.45, 2.75) is 36.6 Å². The van der Waals surface area contributed by atoms with Gasteiger partial charge in [-0.05, 0) is 23.6 Å². The quantitative estimate of drug-likeness (QED) is 0.202. The smallest absolute Gasteiger partial charge is 0.362 e. The van der Waals surface area contributed by atoms with E-state index in [2.05, 4.69) is 4.98 Å². The van der Waals surface area contributed by atoms with E-state index in [1.807, 2.05) is 91.0 Å². The largest absolute Gasteiger partial charge is 0.375 e. The molecule has 4 atom stereocenters. The van der Waals surface area contributed by atoms with Crippen LogP contribution in [0.4, 0.5) is 0 Å². The summed E-state index contributed by atoms with van der Waals surface area (Å²) in [6.07, 6.45) is -1.78. The van der Waals surface area contributed by atoms with E-state index in [0.717, 1.165) is 28.4 Å². The normalized spacial score (nSPS) is 22.3. The van der Waals surface area contributed by atoms with Gasteiger partial charge < -0.3 is 24.0 Å². The van der Waals surface area contributed by atoms with Gasteiger partial charge in [-0.2, -0.15) is 0 Å². The summed E-state index contributed by atoms with van der Waals surface area (Å²) in [4.78, 5) is 37.5. The van der Waals surface area contributed by atoms with E-state index in [9.17, 15) is 24.2 Å². The average molecular weight is 579 g/mol. The summed E-state index contributed by atoms with van der Waals surface area (Å²) in [5.41, 5.74) is 0.0102. The summed E-state index contributed by atoms with van der Waals surface area (Å²) in [7, 11) is -3.70. The first kappa shape index (κ1) is 28.9. The van der Waals surface area contributed by atoms with E-state index in [-0.39, 0.29) is 12.2 Å². The van der Waals surface area contributed by atoms with Crippen LogP contribution in [0.25, 0.3) is 0 Å². The second-order valence-corrected chi connectivity index (χ2v) is 12.1. The minimum Gasteiger partial charge on any atom is -0.375 e. The number of nitrogens with one attached hydrogen (secondary N) is 1. The highest BCUT2D eigenvalue weighted by molar-refractivity contribution is 7.54. The Morgan fingerprint density at radius 3 is 1.93 bits per heavy atom. The molecule has 4 aromatic rings. The molecule has 0 amide bonds. The first-order chi connectivity index (χ1) is 19.6. The number of H-pyrrole nitrogens is 1. The number of benzene rings is 3. The second-order valence-electron chi connectivity index (χ2n) is 9.93. The molecule has 0 radical (unpaired) electrons. The summed E-state index contributed by atoms with van der Waals surface area (Å²) in [6.45, 7) is 1.15. The standard InChI is InChI=1S/C30H31N2O8P/c1-21-19-32(28(34)31-27(21)33)26-18-29(35,41(36,37)38-2)25(40-26)20-39-30(22-12-6-3-7-13-22,23-14-8-4-9-15-23)24-16-10-5-11-17-24/h3-17,19,25-26,35H,18,20H2,1-2H3,(H,36,37)(H,31,33,34)/t25-,26-,29+/m1/s1. The Balaban J connectivity index is 1.61. The highest BCUT2D eigenvalue weighted by Crippen LogP contribution is 2.62. The fourth-order valence-corrected chi connectivity index (χ4v) is 6.50. The Bertz CT molecular complexity index is 1560. The van der Waals surface area contributed by atoms with Crippen LogP contribution >= 0.6 is 7.60 Å². The molecule has 1 saturated heterocycles. The number of hydrogen-bond donors (Lipinski definition) is 3. The van der Waals surface area contributed by atoms with E-state index in [1.54, 1.807) is 0 Å². The molecule has 5 rings (SSSR count). The lowest BCUT2D eigenvalue weighted by atomic mass is 9.80. The minimum atomic E-state index is -4.72. The molecule has 3 N–H and O–H groups in total. The molecular formula is C30H31N2O8P. The maximum atomic E-state index is 13.2. The van der Waals surface area contributed by atoms with Gasteiger partial charge in [-0.25, -0.2) is 4.79 Å². The molecule has 1 aromatic heterocycles. The van der Waals surface area contributed by atoms with Crippen LogP contribution in [0.1, 0.15) is 34.9 Å². The van der Waals surface area contributed by atoms with Gasteiger partial charge in [0.25, 0.3) is 5.56 Å². The van der Waals surface area contributed by atoms with E-state index >= 15 is 0 Å². The Labute approximate surface area is 236 Å². The number of rotatable bonds is 9. The van der Waals surface area contributed by atoms with Gasteiger partial charge in [0.15, 0.2) is 5.34 Å². The van der Waals surface area contributed by atoms with Gasteiger partial charge >= 0.3 is 13.3 Å². The zero-order valence-electron chi connectivity index (χ0n) is 22.5. The molecule has 3 aromatic carbocycles. The first-order valence-electron chi connectivity index (χ1n) is 13.0. The molecule has 1 unspecified atom stereocenters. The van der Waals surface area contributed by atoms with E-state index < -0.39 is 48.5 Å². The number of ether oxygens (including phenoxy) is 2. The predicted octanol–water partition coefficient (Wildman–Crippen LogP) is 3.66. The Kier molecular flexibility index (Phi) is 7.98. The van der Waals surface area contributed by atoms with Gasteiger partial charge in [0.2, 0.25) is 0 Å². The third kappa shape index (κ3) is 5.15. The molecule has 11 heteroatoms. The molecule has 0 spiro atoms. The number of aromatic amines is 1. The van der Waals surface area contributed by atoms with Crippen LogP contribution in [0.5, 0.6) is 0 Å². The molecule has 1 aliphatic rings. The number of nitrogens with zero attached hydrogens (tertiary/aromatic N) is 1. The highest BCUT2D eigenvalue weighted by atomic mass is 31.2. The molecule has 0 saturated carbocycles. The summed E-state index contributed by atoms with van der Waals surface area (Å²) in [6, 6.07) is 28.5. The highest BCUT2D eigenvalue weighted by Gasteiger charge is 2.61. The maximum absolute atomic E-state index is 13.2. The number of hydrogen-bond acceptors (Lipinski definition) is 7. The number of aromatic nitrogens is 2. The molecule has 2 heterocycles. The van der Waals surface area contributed by atoms with Crippen molar-refractivity contribution in [2.24, 2.45) is 0 Å². The summed E-state index contributed by atoms with van der Waals surface area (Å²) < 4.78 is 32.0. The van der Waals surface area contributed by atoms with Gasteiger partial charge in [0.1, 0.15) is 17.9 Å². The second kappa shape index (κ2) is 11.3. The SMILES string of the molecule is COP(=O)(O)[C@@]1(O)C[C@H](n2cc(C)c(=O)[nH]c2=O)O[C@@H]1COC(c1ccccc1)(c1ccccc1)c1ccccc1. The lowest BCUT2D eigenvalue weighted by molar-refractivity contribution is -0.106. The Morgan fingerprint density at radius 1 is 0.976 bits per heavy atom. The van der Waals surface area contributed by atoms with Gasteiger partial charge in [-0.15, -0.1) is 0 Å². The first-order valence-corrected chi connectivity index (χ1v) is 14.6. The Hall–Kier alpha value is -3.63. The molecule has 0 bridgehead atoms.